The van der Waals surface area contributed by atoms with Crippen molar-refractivity contribution < 1.29 is 19.0 Å². The number of carbonyl (C=O) groups excluding carboxylic acids is 1. The molecule has 1 unspecified atom stereocenters. The molecular weight excluding hydrogens is 308 g/mol. The molecule has 1 aliphatic rings. The molecule has 6 nitrogen and oxygen atoms in total. The van der Waals surface area contributed by atoms with E-state index < -0.39 is 0 Å². The molecule has 122 valence electrons. The molecule has 1 heterocycles. The van der Waals surface area contributed by atoms with Gasteiger partial charge in [0.1, 0.15) is 6.61 Å². The summed E-state index contributed by atoms with van der Waals surface area (Å²) in [5, 5.41) is 5.97. The zero-order valence-electron chi connectivity index (χ0n) is 12.6. The first-order valence-electron chi connectivity index (χ1n) is 7.27. The van der Waals surface area contributed by atoms with Gasteiger partial charge in [-0.05, 0) is 25.0 Å². The molecule has 1 aromatic rings. The van der Waals surface area contributed by atoms with Crippen molar-refractivity contribution in [2.45, 2.75) is 18.9 Å². The van der Waals surface area contributed by atoms with E-state index in [-0.39, 0.29) is 12.1 Å². The van der Waals surface area contributed by atoms with Crippen molar-refractivity contribution in [3.8, 4) is 5.75 Å². The summed E-state index contributed by atoms with van der Waals surface area (Å²) in [5.74, 6) is 0.438. The maximum Gasteiger partial charge on any atom is 0.319 e. The minimum absolute atomic E-state index is 0.0996. The Morgan fingerprint density at radius 1 is 1.45 bits per heavy atom. The molecule has 1 saturated heterocycles. The third-order valence-electron chi connectivity index (χ3n) is 3.26. The fourth-order valence-corrected chi connectivity index (χ4v) is 2.39. The minimum atomic E-state index is -0.311. The maximum atomic E-state index is 12.0. The Balaban J connectivity index is 1.89. The van der Waals surface area contributed by atoms with E-state index in [4.69, 9.17) is 25.8 Å². The second-order valence-electron chi connectivity index (χ2n) is 4.93. The monoisotopic (exact) mass is 328 g/mol. The highest BCUT2D eigenvalue weighted by atomic mass is 35.5. The Kier molecular flexibility index (Phi) is 6.76. The third kappa shape index (κ3) is 5.05. The first-order chi connectivity index (χ1) is 10.7. The van der Waals surface area contributed by atoms with Crippen molar-refractivity contribution in [3.63, 3.8) is 0 Å². The first-order valence-corrected chi connectivity index (χ1v) is 7.65. The van der Waals surface area contributed by atoms with Gasteiger partial charge in [-0.1, -0.05) is 17.7 Å². The predicted octanol–water partition coefficient (Wildman–Crippen LogP) is 2.67. The van der Waals surface area contributed by atoms with Crippen LogP contribution in [0.5, 0.6) is 5.75 Å². The number of ether oxygens (including phenoxy) is 3. The first kappa shape index (κ1) is 16.9. The van der Waals surface area contributed by atoms with Crippen LogP contribution in [0.2, 0.25) is 5.02 Å². The second-order valence-corrected chi connectivity index (χ2v) is 5.34. The highest BCUT2D eigenvalue weighted by Crippen LogP contribution is 2.32. The molecule has 0 saturated carbocycles. The average molecular weight is 329 g/mol. The summed E-state index contributed by atoms with van der Waals surface area (Å²) in [6.07, 6.45) is 2.12. The molecule has 22 heavy (non-hydrogen) atoms. The molecule has 1 fully saturated rings. The van der Waals surface area contributed by atoms with Crippen LogP contribution in [-0.2, 0) is 9.47 Å². The van der Waals surface area contributed by atoms with Crippen LogP contribution in [0.1, 0.15) is 12.8 Å². The fourth-order valence-electron chi connectivity index (χ4n) is 2.16. The lowest BCUT2D eigenvalue weighted by atomic mass is 10.2. The van der Waals surface area contributed by atoms with Gasteiger partial charge in [0.15, 0.2) is 5.75 Å². The lowest BCUT2D eigenvalue weighted by Gasteiger charge is -2.15. The number of carbonyl (C=O) groups is 1. The van der Waals surface area contributed by atoms with Gasteiger partial charge in [-0.2, -0.15) is 0 Å². The van der Waals surface area contributed by atoms with Crippen molar-refractivity contribution in [1.29, 1.82) is 0 Å². The molecule has 0 spiro atoms. The number of methoxy groups -OCH3 is 1. The summed E-state index contributed by atoms with van der Waals surface area (Å²) in [6.45, 7) is 2.05. The molecule has 7 heteroatoms. The smallest absolute Gasteiger partial charge is 0.319 e. The number of para-hydroxylation sites is 1. The van der Waals surface area contributed by atoms with E-state index >= 15 is 0 Å². The van der Waals surface area contributed by atoms with Crippen LogP contribution in [-0.4, -0.2) is 45.6 Å². The number of urea groups is 1. The number of rotatable bonds is 7. The zero-order valence-corrected chi connectivity index (χ0v) is 13.3. The van der Waals surface area contributed by atoms with Crippen LogP contribution in [0.3, 0.4) is 0 Å². The fraction of sp³-hybridized carbons (Fsp3) is 0.533. The minimum Gasteiger partial charge on any atom is -0.487 e. The van der Waals surface area contributed by atoms with Crippen molar-refractivity contribution in [2.75, 3.05) is 38.8 Å². The maximum absolute atomic E-state index is 12.0. The average Bonchev–Trinajstić information content (AvgIpc) is 3.01. The van der Waals surface area contributed by atoms with Crippen LogP contribution in [0.4, 0.5) is 10.5 Å². The number of hydrogen-bond donors (Lipinski definition) is 2. The molecule has 2 amide bonds. The number of halogens is 1. The van der Waals surface area contributed by atoms with Crippen LogP contribution >= 0.6 is 11.6 Å². The van der Waals surface area contributed by atoms with Crippen molar-refractivity contribution in [2.24, 2.45) is 0 Å². The lowest BCUT2D eigenvalue weighted by Crippen LogP contribution is -2.35. The van der Waals surface area contributed by atoms with Gasteiger partial charge >= 0.3 is 6.03 Å². The number of anilines is 1. The standard InChI is InChI=1S/C15H21ClN2O4/c1-20-8-9-22-14-12(16)5-2-6-13(14)18-15(19)17-10-11-4-3-7-21-11/h2,5-6,11H,3-4,7-10H2,1H3,(H2,17,18,19). The van der Waals surface area contributed by atoms with Gasteiger partial charge < -0.3 is 24.8 Å². The summed E-state index contributed by atoms with van der Waals surface area (Å²) < 4.78 is 16.0. The molecule has 1 aliphatic heterocycles. The Hall–Kier alpha value is -1.50. The molecule has 0 aromatic heterocycles. The molecule has 0 radical (unpaired) electrons. The highest BCUT2D eigenvalue weighted by Gasteiger charge is 2.17. The van der Waals surface area contributed by atoms with Gasteiger partial charge in [0, 0.05) is 20.3 Å². The Bertz CT molecular complexity index is 492. The van der Waals surface area contributed by atoms with Crippen LogP contribution in [0.25, 0.3) is 0 Å². The van der Waals surface area contributed by atoms with Crippen molar-refractivity contribution >= 4 is 23.3 Å². The molecule has 2 N–H and O–H groups in total. The van der Waals surface area contributed by atoms with E-state index in [1.165, 1.54) is 0 Å². The molecule has 1 aromatic carbocycles. The summed E-state index contributed by atoms with van der Waals surface area (Å²) >= 11 is 6.11. The van der Waals surface area contributed by atoms with E-state index in [1.807, 2.05) is 0 Å². The molecular formula is C15H21ClN2O4. The summed E-state index contributed by atoms with van der Waals surface area (Å²) in [7, 11) is 1.59. The van der Waals surface area contributed by atoms with E-state index in [1.54, 1.807) is 25.3 Å². The number of hydrogen-bond acceptors (Lipinski definition) is 4. The van der Waals surface area contributed by atoms with E-state index in [0.29, 0.717) is 36.2 Å². The molecule has 0 bridgehead atoms. The molecule has 1 atom stereocenters. The van der Waals surface area contributed by atoms with Gasteiger partial charge in [-0.3, -0.25) is 0 Å². The van der Waals surface area contributed by atoms with Crippen LogP contribution < -0.4 is 15.4 Å². The molecule has 0 aliphatic carbocycles. The van der Waals surface area contributed by atoms with Gasteiger partial charge in [0.25, 0.3) is 0 Å². The van der Waals surface area contributed by atoms with Crippen molar-refractivity contribution in [3.05, 3.63) is 23.2 Å². The van der Waals surface area contributed by atoms with Crippen molar-refractivity contribution in [1.82, 2.24) is 5.32 Å². The summed E-state index contributed by atoms with van der Waals surface area (Å²) in [5.41, 5.74) is 0.522. The summed E-state index contributed by atoms with van der Waals surface area (Å²) in [6, 6.07) is 4.88. The summed E-state index contributed by atoms with van der Waals surface area (Å²) in [4.78, 5) is 12.0. The Morgan fingerprint density at radius 2 is 2.32 bits per heavy atom. The Labute approximate surface area is 135 Å². The van der Waals surface area contributed by atoms with E-state index in [9.17, 15) is 4.79 Å². The second kappa shape index (κ2) is 8.82. The van der Waals surface area contributed by atoms with E-state index in [0.717, 1.165) is 19.4 Å². The lowest BCUT2D eigenvalue weighted by molar-refractivity contribution is 0.112. The third-order valence-corrected chi connectivity index (χ3v) is 3.56. The number of nitrogens with one attached hydrogen (secondary N) is 2. The Morgan fingerprint density at radius 3 is 3.05 bits per heavy atom. The number of benzene rings is 1. The van der Waals surface area contributed by atoms with Crippen LogP contribution in [0, 0.1) is 0 Å². The largest absolute Gasteiger partial charge is 0.487 e. The van der Waals surface area contributed by atoms with Gasteiger partial charge in [-0.25, -0.2) is 4.79 Å². The molecule has 2 rings (SSSR count). The zero-order chi connectivity index (χ0) is 15.8. The van der Waals surface area contributed by atoms with E-state index in [2.05, 4.69) is 10.6 Å². The van der Waals surface area contributed by atoms with Gasteiger partial charge in [0.2, 0.25) is 0 Å². The normalized spacial score (nSPS) is 17.3. The van der Waals surface area contributed by atoms with Gasteiger partial charge in [-0.15, -0.1) is 0 Å². The van der Waals surface area contributed by atoms with Crippen LogP contribution in [0.15, 0.2) is 18.2 Å². The highest BCUT2D eigenvalue weighted by molar-refractivity contribution is 6.32. The SMILES string of the molecule is COCCOc1c(Cl)cccc1NC(=O)NCC1CCCO1. The predicted molar refractivity (Wildman–Crippen MR) is 84.8 cm³/mol. The quantitative estimate of drug-likeness (QED) is 0.755. The topological polar surface area (TPSA) is 68.8 Å². The van der Waals surface area contributed by atoms with Gasteiger partial charge in [0.05, 0.1) is 23.4 Å². The number of amides is 2.